The number of carbonyl (C=O) groups is 8. The lowest BCUT2D eigenvalue weighted by Gasteiger charge is -2.27. The highest BCUT2D eigenvalue weighted by atomic mass is 16.4. The molecule has 326 valence electrons. The Morgan fingerprint density at radius 3 is 1.78 bits per heavy atom. The monoisotopic (exact) mass is 819 g/mol. The number of aliphatic carboxylic acids is 1. The topological polar surface area (TPSA) is 313 Å². The molecule has 0 saturated heterocycles. The van der Waals surface area contributed by atoms with Gasteiger partial charge in [-0.2, -0.15) is 0 Å². The fraction of sp³-hybridized carbons (Fsp3) is 0.641. The van der Waals surface area contributed by atoms with Crippen molar-refractivity contribution in [3.63, 3.8) is 0 Å². The molecule has 0 saturated carbocycles. The zero-order valence-electron chi connectivity index (χ0n) is 34.5. The van der Waals surface area contributed by atoms with E-state index in [2.05, 4.69) is 37.2 Å². The van der Waals surface area contributed by atoms with Crippen LogP contribution >= 0.6 is 0 Å². The second kappa shape index (κ2) is 26.7. The number of hydrogen-bond acceptors (Lipinski definition) is 11. The van der Waals surface area contributed by atoms with Crippen LogP contribution in [0.4, 0.5) is 0 Å². The zero-order chi connectivity index (χ0) is 43.9. The van der Waals surface area contributed by atoms with Crippen molar-refractivity contribution in [2.75, 3.05) is 26.2 Å². The number of rotatable bonds is 27. The first-order valence-electron chi connectivity index (χ1n) is 19.7. The minimum Gasteiger partial charge on any atom is -0.480 e. The van der Waals surface area contributed by atoms with Crippen LogP contribution in [0.25, 0.3) is 0 Å². The third-order valence-electron chi connectivity index (χ3n) is 9.31. The van der Waals surface area contributed by atoms with E-state index in [4.69, 9.17) is 16.6 Å². The smallest absolute Gasteiger partial charge is 0.322 e. The van der Waals surface area contributed by atoms with E-state index in [0.717, 1.165) is 0 Å². The van der Waals surface area contributed by atoms with Gasteiger partial charge in [0.2, 0.25) is 41.4 Å². The van der Waals surface area contributed by atoms with Gasteiger partial charge in [0.15, 0.2) is 0 Å². The number of hydrogen-bond donors (Lipinski definition) is 11. The van der Waals surface area contributed by atoms with Gasteiger partial charge in [-0.25, -0.2) is 0 Å². The van der Waals surface area contributed by atoms with Gasteiger partial charge in [-0.1, -0.05) is 78.3 Å². The van der Waals surface area contributed by atoms with Crippen LogP contribution in [0, 0.1) is 17.8 Å². The largest absolute Gasteiger partial charge is 0.480 e. The standard InChI is InChI=1S/C39H65N9O10/c1-7-24(6)32(41)38(57)47-29(21-49)37(56)45-27(17-22(2)3)36(55)44-26(15-11-12-16-40)34(53)42-19-30(50)48-33(23(4)5)39(58)46-28(35(54)43-20-31(51)52)18-25-13-9-8-10-14-25/h8-10,13-14,22-24,26-29,32-33,49H,7,11-12,15-21,40-41H2,1-6H3,(H,42,53)(H,43,54)(H,44,55)(H,45,56)(H,46,58)(H,47,57)(H,48,50)(H,51,52)/t24-,26-,27-,28-,29-,32-,33-/m0/s1. The lowest BCUT2D eigenvalue weighted by atomic mass is 9.99. The zero-order valence-corrected chi connectivity index (χ0v) is 34.5. The summed E-state index contributed by atoms with van der Waals surface area (Å²) in [6.07, 6.45) is 1.87. The number of carboxylic acid groups (broad SMARTS) is 1. The molecule has 1 aromatic carbocycles. The maximum atomic E-state index is 13.6. The molecule has 7 atom stereocenters. The van der Waals surface area contributed by atoms with Crippen LogP contribution in [-0.2, 0) is 44.8 Å². The number of carboxylic acids is 1. The molecule has 1 aromatic rings. The number of benzene rings is 1. The second-order valence-corrected chi connectivity index (χ2v) is 15.1. The summed E-state index contributed by atoms with van der Waals surface area (Å²) in [7, 11) is 0. The summed E-state index contributed by atoms with van der Waals surface area (Å²) in [4.78, 5) is 103. The summed E-state index contributed by atoms with van der Waals surface area (Å²) in [5.41, 5.74) is 12.3. The number of amides is 7. The highest BCUT2D eigenvalue weighted by Gasteiger charge is 2.33. The summed E-state index contributed by atoms with van der Waals surface area (Å²) in [5.74, 6) is -7.16. The molecule has 19 heteroatoms. The van der Waals surface area contributed by atoms with Crippen molar-refractivity contribution in [2.45, 2.75) is 116 Å². The van der Waals surface area contributed by atoms with E-state index >= 15 is 0 Å². The van der Waals surface area contributed by atoms with Crippen LogP contribution in [0.1, 0.15) is 79.2 Å². The molecular formula is C39H65N9O10. The molecule has 58 heavy (non-hydrogen) atoms. The Labute approximate surface area is 340 Å². The molecule has 1 rings (SSSR count). The number of nitrogens with two attached hydrogens (primary N) is 2. The minimum atomic E-state index is -1.40. The fourth-order valence-corrected chi connectivity index (χ4v) is 5.64. The van der Waals surface area contributed by atoms with E-state index in [1.807, 2.05) is 20.8 Å². The first-order valence-corrected chi connectivity index (χ1v) is 19.7. The summed E-state index contributed by atoms with van der Waals surface area (Å²) in [6.45, 7) is 8.88. The van der Waals surface area contributed by atoms with Crippen molar-refractivity contribution in [3.05, 3.63) is 35.9 Å². The van der Waals surface area contributed by atoms with E-state index in [9.17, 15) is 43.5 Å². The van der Waals surface area contributed by atoms with Gasteiger partial charge in [0.25, 0.3) is 0 Å². The first-order chi connectivity index (χ1) is 27.3. The molecule has 0 spiro atoms. The Morgan fingerprint density at radius 2 is 1.22 bits per heavy atom. The molecule has 0 bridgehead atoms. The molecule has 13 N–H and O–H groups in total. The van der Waals surface area contributed by atoms with Crippen molar-refractivity contribution in [3.8, 4) is 0 Å². The third kappa shape index (κ3) is 18.9. The van der Waals surface area contributed by atoms with Crippen molar-refractivity contribution in [1.29, 1.82) is 0 Å². The Bertz CT molecular complexity index is 1510. The molecule has 0 fully saturated rings. The summed E-state index contributed by atoms with van der Waals surface area (Å²) >= 11 is 0. The summed E-state index contributed by atoms with van der Waals surface area (Å²) < 4.78 is 0. The van der Waals surface area contributed by atoms with Crippen molar-refractivity contribution < 1.29 is 48.6 Å². The van der Waals surface area contributed by atoms with E-state index in [1.54, 1.807) is 51.1 Å². The molecule has 0 aromatic heterocycles. The van der Waals surface area contributed by atoms with Crippen molar-refractivity contribution in [1.82, 2.24) is 37.2 Å². The Balaban J connectivity index is 3.07. The highest BCUT2D eigenvalue weighted by Crippen LogP contribution is 2.10. The Hall–Kier alpha value is -5.14. The first kappa shape index (κ1) is 50.9. The average molecular weight is 820 g/mol. The molecule has 7 amide bonds. The fourth-order valence-electron chi connectivity index (χ4n) is 5.64. The van der Waals surface area contributed by atoms with Gasteiger partial charge in [-0.05, 0) is 55.5 Å². The van der Waals surface area contributed by atoms with Crippen LogP contribution in [0.5, 0.6) is 0 Å². The van der Waals surface area contributed by atoms with Crippen LogP contribution in [0.3, 0.4) is 0 Å². The van der Waals surface area contributed by atoms with Gasteiger partial charge >= 0.3 is 5.97 Å². The van der Waals surface area contributed by atoms with Crippen molar-refractivity contribution in [2.24, 2.45) is 29.2 Å². The van der Waals surface area contributed by atoms with Gasteiger partial charge in [0, 0.05) is 6.42 Å². The molecule has 0 radical (unpaired) electrons. The van der Waals surface area contributed by atoms with Gasteiger partial charge in [0.05, 0.1) is 19.2 Å². The van der Waals surface area contributed by atoms with Gasteiger partial charge in [-0.15, -0.1) is 0 Å². The predicted octanol–water partition coefficient (Wildman–Crippen LogP) is -1.83. The number of aliphatic hydroxyl groups is 1. The van der Waals surface area contributed by atoms with Crippen LogP contribution in [0.15, 0.2) is 30.3 Å². The molecule has 0 aliphatic rings. The van der Waals surface area contributed by atoms with E-state index in [0.29, 0.717) is 31.4 Å². The number of aliphatic hydroxyl groups excluding tert-OH is 1. The normalized spacial score (nSPS) is 14.7. The molecule has 0 unspecified atom stereocenters. The van der Waals surface area contributed by atoms with Crippen LogP contribution < -0.4 is 48.7 Å². The molecule has 19 nitrogen and oxygen atoms in total. The quantitative estimate of drug-likeness (QED) is 0.0437. The SMILES string of the molecule is CC[C@H](C)[C@H](N)C(=O)N[C@@H](CO)C(=O)N[C@@H](CC(C)C)C(=O)N[C@@H](CCCCN)C(=O)NCC(=O)N[C@H](C(=O)N[C@@H](Cc1ccccc1)C(=O)NCC(=O)O)C(C)C. The predicted molar refractivity (Wildman–Crippen MR) is 215 cm³/mol. The van der Waals surface area contributed by atoms with E-state index < -0.39 is 109 Å². The Morgan fingerprint density at radius 1 is 0.672 bits per heavy atom. The molecular weight excluding hydrogens is 754 g/mol. The summed E-state index contributed by atoms with van der Waals surface area (Å²) in [5, 5.41) is 36.5. The van der Waals surface area contributed by atoms with E-state index in [1.165, 1.54) is 0 Å². The number of unbranched alkanes of at least 4 members (excludes halogenated alkanes) is 1. The van der Waals surface area contributed by atoms with Gasteiger partial charge < -0.3 is 58.9 Å². The van der Waals surface area contributed by atoms with Gasteiger partial charge in [0.1, 0.15) is 36.8 Å². The maximum absolute atomic E-state index is 13.6. The highest BCUT2D eigenvalue weighted by molar-refractivity contribution is 5.96. The maximum Gasteiger partial charge on any atom is 0.322 e. The van der Waals surface area contributed by atoms with Crippen molar-refractivity contribution >= 4 is 47.3 Å². The van der Waals surface area contributed by atoms with Gasteiger partial charge in [-0.3, -0.25) is 38.4 Å². The third-order valence-corrected chi connectivity index (χ3v) is 9.31. The second-order valence-electron chi connectivity index (χ2n) is 15.1. The molecule has 0 heterocycles. The average Bonchev–Trinajstić information content (AvgIpc) is 3.18. The van der Waals surface area contributed by atoms with E-state index in [-0.39, 0.29) is 31.1 Å². The molecule has 0 aliphatic heterocycles. The Kier molecular flexibility index (Phi) is 23.4. The lowest BCUT2D eigenvalue weighted by molar-refractivity contribution is -0.138. The minimum absolute atomic E-state index is 0.0392. The number of carbonyl (C=O) groups excluding carboxylic acids is 7. The van der Waals surface area contributed by atoms with Crippen LogP contribution in [-0.4, -0.2) is 120 Å². The number of nitrogens with one attached hydrogen (secondary N) is 7. The lowest BCUT2D eigenvalue weighted by Crippen LogP contribution is -2.59. The molecule has 0 aliphatic carbocycles. The summed E-state index contributed by atoms with van der Waals surface area (Å²) in [6, 6.07) is 1.76. The van der Waals surface area contributed by atoms with Crippen LogP contribution in [0.2, 0.25) is 0 Å².